The molecule has 0 aromatic carbocycles. The van der Waals surface area contributed by atoms with E-state index in [1.165, 1.54) is 16.0 Å². The zero-order valence-electron chi connectivity index (χ0n) is 19.8. The molecule has 1 aromatic heterocycles. The average molecular weight is 518 g/mol. The number of amidine groups is 1. The number of morpholine rings is 1. The van der Waals surface area contributed by atoms with Crippen LogP contribution in [-0.4, -0.2) is 99.4 Å². The van der Waals surface area contributed by atoms with Crippen molar-refractivity contribution >= 4 is 39.1 Å². The minimum atomic E-state index is -3.12. The van der Waals surface area contributed by atoms with Gasteiger partial charge < -0.3 is 15.5 Å². The van der Waals surface area contributed by atoms with Crippen molar-refractivity contribution in [3.63, 3.8) is 0 Å². The topological polar surface area (TPSA) is 102 Å². The maximum Gasteiger partial charge on any atom is 0.211 e. The zero-order valence-corrected chi connectivity index (χ0v) is 21.4. The van der Waals surface area contributed by atoms with Crippen molar-refractivity contribution in [1.82, 2.24) is 19.5 Å². The summed E-state index contributed by atoms with van der Waals surface area (Å²) < 4.78 is 30.9. The first-order valence-electron chi connectivity index (χ1n) is 12.1. The molecule has 1 aromatic rings. The third-order valence-electron chi connectivity index (χ3n) is 7.19. The number of ether oxygens (including phenoxy) is 1. The number of nitrogens with zero attached hydrogens (tertiary/aromatic N) is 5. The lowest BCUT2D eigenvalue weighted by molar-refractivity contribution is 0.0185. The van der Waals surface area contributed by atoms with E-state index in [9.17, 15) is 8.42 Å². The Kier molecular flexibility index (Phi) is 6.27. The lowest BCUT2D eigenvalue weighted by Crippen LogP contribution is -2.47. The maximum absolute atomic E-state index is 11.9. The van der Waals surface area contributed by atoms with Crippen LogP contribution < -0.4 is 10.7 Å². The number of piperazine rings is 1. The van der Waals surface area contributed by atoms with Gasteiger partial charge in [-0.25, -0.2) is 13.4 Å². The van der Waals surface area contributed by atoms with Crippen LogP contribution in [0.2, 0.25) is 0 Å². The molecule has 0 spiro atoms. The standard InChI is InChI=1S/C23H31N7O3S2/c1-35(31,32)30-7-5-28(6-8-30)15-16-13-20-21(34-16)23(29-9-11-33-12-10-29)26-22(25-20)17-3-2-4-19-18(17)14-24-27-19/h2-4,13-14,18-19,23,27H,5-12,15H2,1H3,(H,25,26). The van der Waals surface area contributed by atoms with Crippen LogP contribution in [0, 0.1) is 5.92 Å². The molecule has 0 radical (unpaired) electrons. The monoisotopic (exact) mass is 517 g/mol. The predicted molar refractivity (Wildman–Crippen MR) is 138 cm³/mol. The Labute approximate surface area is 210 Å². The molecule has 1 aliphatic carbocycles. The first kappa shape index (κ1) is 23.3. The Morgan fingerprint density at radius 2 is 1.97 bits per heavy atom. The Bertz CT molecular complexity index is 1190. The van der Waals surface area contributed by atoms with Gasteiger partial charge in [-0.2, -0.15) is 9.41 Å². The highest BCUT2D eigenvalue weighted by atomic mass is 32.2. The zero-order chi connectivity index (χ0) is 24.0. The summed E-state index contributed by atoms with van der Waals surface area (Å²) in [5.74, 6) is 1.08. The van der Waals surface area contributed by atoms with Gasteiger partial charge >= 0.3 is 0 Å². The molecule has 2 saturated heterocycles. The number of nitrogens with one attached hydrogen (secondary N) is 2. The molecule has 35 heavy (non-hydrogen) atoms. The van der Waals surface area contributed by atoms with Crippen LogP contribution in [0.4, 0.5) is 5.69 Å². The van der Waals surface area contributed by atoms with Crippen LogP contribution in [0.1, 0.15) is 15.9 Å². The van der Waals surface area contributed by atoms with Crippen molar-refractivity contribution in [3.05, 3.63) is 39.6 Å². The Balaban J connectivity index is 1.24. The summed E-state index contributed by atoms with van der Waals surface area (Å²) in [5, 5.41) is 7.93. The molecule has 0 bridgehead atoms. The van der Waals surface area contributed by atoms with Crippen LogP contribution >= 0.6 is 11.3 Å². The lowest BCUT2D eigenvalue weighted by atomic mass is 9.88. The highest BCUT2D eigenvalue weighted by molar-refractivity contribution is 7.88. The van der Waals surface area contributed by atoms with Crippen LogP contribution in [0.3, 0.4) is 0 Å². The fourth-order valence-corrected chi connectivity index (χ4v) is 7.33. The Hall–Kier alpha value is -2.09. The maximum atomic E-state index is 11.9. The summed E-state index contributed by atoms with van der Waals surface area (Å²) >= 11 is 1.81. The number of rotatable bonds is 5. The van der Waals surface area contributed by atoms with Crippen LogP contribution in [0.25, 0.3) is 0 Å². The van der Waals surface area contributed by atoms with Crippen molar-refractivity contribution in [3.8, 4) is 0 Å². The quantitative estimate of drug-likeness (QED) is 0.602. The van der Waals surface area contributed by atoms with Gasteiger partial charge in [-0.3, -0.25) is 9.80 Å². The smallest absolute Gasteiger partial charge is 0.211 e. The van der Waals surface area contributed by atoms with Gasteiger partial charge in [0.25, 0.3) is 0 Å². The van der Waals surface area contributed by atoms with Gasteiger partial charge in [0.2, 0.25) is 10.0 Å². The molecule has 3 unspecified atom stereocenters. The minimum absolute atomic E-state index is 0.0393. The van der Waals surface area contributed by atoms with Crippen molar-refractivity contribution in [2.75, 3.05) is 64.1 Å². The number of hydrazone groups is 1. The SMILES string of the molecule is CS(=O)(=O)N1CCN(Cc2cc3c(s2)C(N2CCOCC2)N=C(C2=CC=CC4NN=CC24)N3)CC1. The van der Waals surface area contributed by atoms with Gasteiger partial charge in [0.05, 0.1) is 42.0 Å². The molecule has 3 atom stereocenters. The fourth-order valence-electron chi connectivity index (χ4n) is 5.27. The van der Waals surface area contributed by atoms with Gasteiger partial charge in [-0.15, -0.1) is 11.3 Å². The van der Waals surface area contributed by atoms with Crippen molar-refractivity contribution in [2.45, 2.75) is 18.8 Å². The van der Waals surface area contributed by atoms with E-state index in [-0.39, 0.29) is 18.1 Å². The molecular formula is C23H31N7O3S2. The van der Waals surface area contributed by atoms with E-state index in [4.69, 9.17) is 9.73 Å². The van der Waals surface area contributed by atoms with Gasteiger partial charge in [-0.1, -0.05) is 18.2 Å². The number of fused-ring (bicyclic) bond motifs is 2. The predicted octanol–water partition coefficient (Wildman–Crippen LogP) is 1.05. The summed E-state index contributed by atoms with van der Waals surface area (Å²) in [6.07, 6.45) is 9.58. The summed E-state index contributed by atoms with van der Waals surface area (Å²) in [6, 6.07) is 2.43. The normalized spacial score (nSPS) is 29.7. The number of hydrogen-bond acceptors (Lipinski definition) is 10. The largest absolute Gasteiger partial charge is 0.379 e. The van der Waals surface area contributed by atoms with E-state index in [1.807, 2.05) is 17.6 Å². The molecule has 2 N–H and O–H groups in total. The summed E-state index contributed by atoms with van der Waals surface area (Å²) in [7, 11) is -3.12. The van der Waals surface area contributed by atoms with Crippen molar-refractivity contribution < 1.29 is 13.2 Å². The first-order valence-corrected chi connectivity index (χ1v) is 14.8. The second kappa shape index (κ2) is 9.41. The fraction of sp³-hybridized carbons (Fsp3) is 0.565. The molecule has 5 aliphatic rings. The third kappa shape index (κ3) is 4.70. The van der Waals surface area contributed by atoms with E-state index in [0.29, 0.717) is 13.1 Å². The average Bonchev–Trinajstić information content (AvgIpc) is 3.50. The molecule has 12 heteroatoms. The number of allylic oxidation sites excluding steroid dienone is 2. The third-order valence-corrected chi connectivity index (χ3v) is 9.66. The van der Waals surface area contributed by atoms with Crippen LogP contribution in [-0.2, 0) is 21.3 Å². The summed E-state index contributed by atoms with van der Waals surface area (Å²) in [4.78, 5) is 12.5. The highest BCUT2D eigenvalue weighted by Crippen LogP contribution is 2.41. The molecule has 6 rings (SSSR count). The Morgan fingerprint density at radius 1 is 1.17 bits per heavy atom. The number of hydrogen-bond donors (Lipinski definition) is 2. The van der Waals surface area contributed by atoms with Crippen LogP contribution in [0.5, 0.6) is 0 Å². The van der Waals surface area contributed by atoms with Gasteiger partial charge in [-0.05, 0) is 6.07 Å². The van der Waals surface area contributed by atoms with E-state index in [0.717, 1.165) is 63.0 Å². The Morgan fingerprint density at radius 3 is 2.74 bits per heavy atom. The number of aliphatic imine (C=N–C) groups is 1. The molecule has 10 nitrogen and oxygen atoms in total. The van der Waals surface area contributed by atoms with E-state index in [2.05, 4.69) is 49.9 Å². The molecule has 5 heterocycles. The van der Waals surface area contributed by atoms with E-state index < -0.39 is 10.0 Å². The molecule has 0 saturated carbocycles. The summed E-state index contributed by atoms with van der Waals surface area (Å²) in [6.45, 7) is 6.55. The molecule has 2 fully saturated rings. The van der Waals surface area contributed by atoms with Gasteiger partial charge in [0.15, 0.2) is 0 Å². The van der Waals surface area contributed by atoms with E-state index >= 15 is 0 Å². The molecule has 0 amide bonds. The molecule has 4 aliphatic heterocycles. The number of anilines is 1. The molecular weight excluding hydrogens is 486 g/mol. The van der Waals surface area contributed by atoms with Gasteiger partial charge in [0.1, 0.15) is 12.0 Å². The second-order valence-electron chi connectivity index (χ2n) is 9.52. The van der Waals surface area contributed by atoms with Crippen molar-refractivity contribution in [2.24, 2.45) is 16.0 Å². The van der Waals surface area contributed by atoms with Crippen molar-refractivity contribution in [1.29, 1.82) is 0 Å². The van der Waals surface area contributed by atoms with Gasteiger partial charge in [0, 0.05) is 62.5 Å². The molecule has 188 valence electrons. The van der Waals surface area contributed by atoms with Crippen LogP contribution in [0.15, 0.2) is 40.0 Å². The van der Waals surface area contributed by atoms with E-state index in [1.54, 1.807) is 4.31 Å². The lowest BCUT2D eigenvalue weighted by Gasteiger charge is -2.35. The highest BCUT2D eigenvalue weighted by Gasteiger charge is 2.36. The summed E-state index contributed by atoms with van der Waals surface area (Å²) in [5.41, 5.74) is 5.44. The first-order chi connectivity index (χ1) is 17.0. The minimum Gasteiger partial charge on any atom is -0.379 e. The second-order valence-corrected chi connectivity index (χ2v) is 12.7. The number of thiophene rings is 1. The number of sulfonamides is 1.